The summed E-state index contributed by atoms with van der Waals surface area (Å²) in [5, 5.41) is 3.30. The quantitative estimate of drug-likeness (QED) is 0.767. The standard InChI is InChI=1S/C12H19ClN2S/c1-2-11-5-3-4-6-15(11)8-12-14-10(7-13)9-16-12/h9,11H,2-8H2,1H3. The van der Waals surface area contributed by atoms with Gasteiger partial charge in [0.1, 0.15) is 5.01 Å². The van der Waals surface area contributed by atoms with Crippen molar-refractivity contribution in [3.8, 4) is 0 Å². The normalized spacial score (nSPS) is 22.5. The van der Waals surface area contributed by atoms with Crippen molar-refractivity contribution in [2.24, 2.45) is 0 Å². The van der Waals surface area contributed by atoms with Crippen molar-refractivity contribution in [2.75, 3.05) is 6.54 Å². The Labute approximate surface area is 107 Å². The van der Waals surface area contributed by atoms with Gasteiger partial charge in [0.05, 0.1) is 18.1 Å². The van der Waals surface area contributed by atoms with E-state index >= 15 is 0 Å². The predicted molar refractivity (Wildman–Crippen MR) is 70.0 cm³/mol. The molecule has 0 N–H and O–H groups in total. The molecule has 2 nitrogen and oxygen atoms in total. The molecule has 0 bridgehead atoms. The second-order valence-electron chi connectivity index (χ2n) is 4.39. The molecule has 0 aromatic carbocycles. The number of hydrogen-bond acceptors (Lipinski definition) is 3. The van der Waals surface area contributed by atoms with Gasteiger partial charge in [-0.05, 0) is 25.8 Å². The van der Waals surface area contributed by atoms with E-state index in [9.17, 15) is 0 Å². The molecule has 1 aromatic heterocycles. The first-order valence-electron chi connectivity index (χ1n) is 6.06. The highest BCUT2D eigenvalue weighted by atomic mass is 35.5. The first kappa shape index (κ1) is 12.3. The number of hydrogen-bond donors (Lipinski definition) is 0. The molecular formula is C12H19ClN2S. The van der Waals surface area contributed by atoms with Crippen LogP contribution in [-0.2, 0) is 12.4 Å². The maximum atomic E-state index is 5.77. The van der Waals surface area contributed by atoms with Crippen LogP contribution in [0, 0.1) is 0 Å². The van der Waals surface area contributed by atoms with Gasteiger partial charge in [0.2, 0.25) is 0 Å². The van der Waals surface area contributed by atoms with Crippen LogP contribution in [-0.4, -0.2) is 22.5 Å². The molecule has 16 heavy (non-hydrogen) atoms. The van der Waals surface area contributed by atoms with Gasteiger partial charge in [-0.25, -0.2) is 4.98 Å². The van der Waals surface area contributed by atoms with Gasteiger partial charge in [0.15, 0.2) is 0 Å². The van der Waals surface area contributed by atoms with E-state index in [4.69, 9.17) is 11.6 Å². The molecule has 1 saturated heterocycles. The van der Waals surface area contributed by atoms with Crippen molar-refractivity contribution in [2.45, 2.75) is 51.1 Å². The van der Waals surface area contributed by atoms with Gasteiger partial charge in [-0.3, -0.25) is 4.90 Å². The summed E-state index contributed by atoms with van der Waals surface area (Å²) in [7, 11) is 0. The fourth-order valence-electron chi connectivity index (χ4n) is 2.39. The molecule has 0 spiro atoms. The number of thiazole rings is 1. The number of rotatable bonds is 4. The summed E-state index contributed by atoms with van der Waals surface area (Å²) in [6.45, 7) is 4.53. The number of halogens is 1. The minimum absolute atomic E-state index is 0.535. The molecule has 1 unspecified atom stereocenters. The lowest BCUT2D eigenvalue weighted by atomic mass is 10.0. The smallest absolute Gasteiger partial charge is 0.107 e. The Morgan fingerprint density at radius 3 is 3.12 bits per heavy atom. The van der Waals surface area contributed by atoms with Crippen LogP contribution in [0.4, 0.5) is 0 Å². The van der Waals surface area contributed by atoms with Crippen molar-refractivity contribution in [3.05, 3.63) is 16.1 Å². The Morgan fingerprint density at radius 1 is 1.56 bits per heavy atom. The van der Waals surface area contributed by atoms with Crippen LogP contribution < -0.4 is 0 Å². The van der Waals surface area contributed by atoms with Crippen molar-refractivity contribution >= 4 is 22.9 Å². The van der Waals surface area contributed by atoms with Gasteiger partial charge in [0.25, 0.3) is 0 Å². The summed E-state index contributed by atoms with van der Waals surface area (Å²) >= 11 is 7.51. The fourth-order valence-corrected chi connectivity index (χ4v) is 3.43. The highest BCUT2D eigenvalue weighted by molar-refractivity contribution is 7.09. The van der Waals surface area contributed by atoms with Gasteiger partial charge in [0, 0.05) is 11.4 Å². The molecule has 1 aromatic rings. The topological polar surface area (TPSA) is 16.1 Å². The second kappa shape index (κ2) is 5.99. The first-order chi connectivity index (χ1) is 7.83. The third-order valence-corrected chi connectivity index (χ3v) is 4.45. The number of likely N-dealkylation sites (tertiary alicyclic amines) is 1. The first-order valence-corrected chi connectivity index (χ1v) is 7.48. The maximum absolute atomic E-state index is 5.77. The van der Waals surface area contributed by atoms with Crippen molar-refractivity contribution < 1.29 is 0 Å². The summed E-state index contributed by atoms with van der Waals surface area (Å²) in [6.07, 6.45) is 5.34. The molecule has 4 heteroatoms. The van der Waals surface area contributed by atoms with E-state index in [0.29, 0.717) is 5.88 Å². The van der Waals surface area contributed by atoms with Gasteiger partial charge >= 0.3 is 0 Å². The molecule has 90 valence electrons. The number of nitrogens with zero attached hydrogens (tertiary/aromatic N) is 2. The van der Waals surface area contributed by atoms with Crippen LogP contribution in [0.25, 0.3) is 0 Å². The average Bonchev–Trinajstić information content (AvgIpc) is 2.77. The largest absolute Gasteiger partial charge is 0.294 e. The van der Waals surface area contributed by atoms with Crippen molar-refractivity contribution in [3.63, 3.8) is 0 Å². The average molecular weight is 259 g/mol. The molecule has 0 radical (unpaired) electrons. The number of aromatic nitrogens is 1. The van der Waals surface area contributed by atoms with Crippen molar-refractivity contribution in [1.29, 1.82) is 0 Å². The van der Waals surface area contributed by atoms with E-state index in [-0.39, 0.29) is 0 Å². The zero-order valence-electron chi connectivity index (χ0n) is 9.79. The zero-order chi connectivity index (χ0) is 11.4. The van der Waals surface area contributed by atoms with E-state index in [0.717, 1.165) is 18.3 Å². The molecule has 0 saturated carbocycles. The van der Waals surface area contributed by atoms with E-state index < -0.39 is 0 Å². The van der Waals surface area contributed by atoms with E-state index in [2.05, 4.69) is 22.2 Å². The maximum Gasteiger partial charge on any atom is 0.107 e. The molecule has 0 aliphatic carbocycles. The summed E-state index contributed by atoms with van der Waals surface area (Å²) in [4.78, 5) is 7.12. The molecule has 2 rings (SSSR count). The molecule has 1 atom stereocenters. The number of piperidine rings is 1. The monoisotopic (exact) mass is 258 g/mol. The highest BCUT2D eigenvalue weighted by Gasteiger charge is 2.21. The van der Waals surface area contributed by atoms with Gasteiger partial charge in [-0.1, -0.05) is 13.3 Å². The molecule has 1 aliphatic rings. The lowest BCUT2D eigenvalue weighted by Gasteiger charge is -2.34. The Morgan fingerprint density at radius 2 is 2.44 bits per heavy atom. The fraction of sp³-hybridized carbons (Fsp3) is 0.750. The Kier molecular flexibility index (Phi) is 4.62. The van der Waals surface area contributed by atoms with Gasteiger partial charge in [-0.15, -0.1) is 22.9 Å². The zero-order valence-corrected chi connectivity index (χ0v) is 11.4. The minimum atomic E-state index is 0.535. The lowest BCUT2D eigenvalue weighted by Crippen LogP contribution is -2.38. The van der Waals surface area contributed by atoms with Crippen molar-refractivity contribution in [1.82, 2.24) is 9.88 Å². The summed E-state index contributed by atoms with van der Waals surface area (Å²) in [5.74, 6) is 0.535. The molecule has 1 fully saturated rings. The van der Waals surface area contributed by atoms with Crippen LogP contribution in [0.15, 0.2) is 5.38 Å². The SMILES string of the molecule is CCC1CCCCN1Cc1nc(CCl)cs1. The number of alkyl halides is 1. The minimum Gasteiger partial charge on any atom is -0.294 e. The van der Waals surface area contributed by atoms with Gasteiger partial charge in [-0.2, -0.15) is 0 Å². The van der Waals surface area contributed by atoms with Crippen LogP contribution in [0.5, 0.6) is 0 Å². The van der Waals surface area contributed by atoms with Crippen LogP contribution >= 0.6 is 22.9 Å². The van der Waals surface area contributed by atoms with Gasteiger partial charge < -0.3 is 0 Å². The third kappa shape index (κ3) is 2.96. The van der Waals surface area contributed by atoms with Crippen LogP contribution in [0.2, 0.25) is 0 Å². The summed E-state index contributed by atoms with van der Waals surface area (Å²) in [5.41, 5.74) is 1.02. The van der Waals surface area contributed by atoms with E-state index in [1.807, 2.05) is 0 Å². The van der Waals surface area contributed by atoms with Crippen LogP contribution in [0.3, 0.4) is 0 Å². The Bertz CT molecular complexity index is 327. The van der Waals surface area contributed by atoms with E-state index in [1.165, 1.54) is 37.2 Å². The summed E-state index contributed by atoms with van der Waals surface area (Å²) in [6, 6.07) is 0.761. The van der Waals surface area contributed by atoms with E-state index in [1.54, 1.807) is 11.3 Å². The second-order valence-corrected chi connectivity index (χ2v) is 5.60. The third-order valence-electron chi connectivity index (χ3n) is 3.29. The lowest BCUT2D eigenvalue weighted by molar-refractivity contribution is 0.136. The molecule has 0 amide bonds. The molecule has 1 aliphatic heterocycles. The molecular weight excluding hydrogens is 240 g/mol. The Hall–Kier alpha value is -0.120. The summed E-state index contributed by atoms with van der Waals surface area (Å²) < 4.78 is 0. The highest BCUT2D eigenvalue weighted by Crippen LogP contribution is 2.23. The Balaban J connectivity index is 1.96. The molecule has 2 heterocycles. The predicted octanol–water partition coefficient (Wildman–Crippen LogP) is 3.65. The van der Waals surface area contributed by atoms with Crippen LogP contribution in [0.1, 0.15) is 43.3 Å².